The first kappa shape index (κ1) is 16.1. The van der Waals surface area contributed by atoms with Crippen LogP contribution in [0.25, 0.3) is 0 Å². The standard InChI is InChI=1S/C14H23NO3S/c1-4-10-15(6-3)19(17,18)13-9-7-8-12(11-13)14(16)5-2/h7-9,11,14,16H,4-6,10H2,1-3H3. The maximum Gasteiger partial charge on any atom is 0.243 e. The van der Waals surface area contributed by atoms with Crippen LogP contribution in [0.2, 0.25) is 0 Å². The van der Waals surface area contributed by atoms with Crippen molar-refractivity contribution in [3.63, 3.8) is 0 Å². The molecule has 0 spiro atoms. The van der Waals surface area contributed by atoms with E-state index < -0.39 is 16.1 Å². The number of benzene rings is 1. The van der Waals surface area contributed by atoms with E-state index in [0.717, 1.165) is 6.42 Å². The van der Waals surface area contributed by atoms with Gasteiger partial charge in [-0.25, -0.2) is 8.42 Å². The lowest BCUT2D eigenvalue weighted by atomic mass is 10.1. The van der Waals surface area contributed by atoms with E-state index in [2.05, 4.69) is 0 Å². The molecule has 0 fully saturated rings. The summed E-state index contributed by atoms with van der Waals surface area (Å²) in [4.78, 5) is 0.257. The summed E-state index contributed by atoms with van der Waals surface area (Å²) in [7, 11) is -3.46. The van der Waals surface area contributed by atoms with Crippen LogP contribution in [0.3, 0.4) is 0 Å². The Labute approximate surface area is 116 Å². The fourth-order valence-electron chi connectivity index (χ4n) is 1.96. The molecular weight excluding hydrogens is 262 g/mol. The van der Waals surface area contributed by atoms with E-state index in [1.165, 1.54) is 4.31 Å². The number of nitrogens with zero attached hydrogens (tertiary/aromatic N) is 1. The van der Waals surface area contributed by atoms with Gasteiger partial charge in [0.1, 0.15) is 0 Å². The van der Waals surface area contributed by atoms with Crippen LogP contribution in [0, 0.1) is 0 Å². The largest absolute Gasteiger partial charge is 0.388 e. The molecule has 0 aromatic heterocycles. The van der Waals surface area contributed by atoms with Crippen molar-refractivity contribution in [2.75, 3.05) is 13.1 Å². The Bertz CT molecular complexity index is 499. The van der Waals surface area contributed by atoms with Crippen LogP contribution < -0.4 is 0 Å². The average Bonchev–Trinajstić information content (AvgIpc) is 2.43. The molecule has 19 heavy (non-hydrogen) atoms. The van der Waals surface area contributed by atoms with Gasteiger partial charge in [-0.15, -0.1) is 0 Å². The average molecular weight is 285 g/mol. The normalized spacial score (nSPS) is 13.7. The lowest BCUT2D eigenvalue weighted by Gasteiger charge is -2.20. The number of aliphatic hydroxyl groups excluding tert-OH is 1. The molecule has 0 saturated heterocycles. The van der Waals surface area contributed by atoms with Gasteiger partial charge in [-0.1, -0.05) is 32.9 Å². The Morgan fingerprint density at radius 2 is 1.95 bits per heavy atom. The van der Waals surface area contributed by atoms with E-state index in [4.69, 9.17) is 0 Å². The molecule has 1 aromatic carbocycles. The van der Waals surface area contributed by atoms with E-state index in [0.29, 0.717) is 25.1 Å². The molecule has 4 nitrogen and oxygen atoms in total. The van der Waals surface area contributed by atoms with Gasteiger partial charge in [0.2, 0.25) is 10.0 Å². The van der Waals surface area contributed by atoms with Crippen molar-refractivity contribution in [3.8, 4) is 0 Å². The molecule has 0 amide bonds. The number of hydrogen-bond donors (Lipinski definition) is 1. The summed E-state index contributed by atoms with van der Waals surface area (Å²) in [5, 5.41) is 9.81. The van der Waals surface area contributed by atoms with Crippen LogP contribution in [0.1, 0.15) is 45.3 Å². The van der Waals surface area contributed by atoms with Gasteiger partial charge in [-0.2, -0.15) is 4.31 Å². The highest BCUT2D eigenvalue weighted by Gasteiger charge is 2.22. The molecule has 0 bridgehead atoms. The molecule has 0 radical (unpaired) electrons. The first-order valence-electron chi connectivity index (χ1n) is 6.75. The highest BCUT2D eigenvalue weighted by molar-refractivity contribution is 7.89. The van der Waals surface area contributed by atoms with Gasteiger partial charge in [-0.3, -0.25) is 0 Å². The molecule has 1 rings (SSSR count). The SMILES string of the molecule is CCCN(CC)S(=O)(=O)c1cccc(C(O)CC)c1. The minimum Gasteiger partial charge on any atom is -0.388 e. The van der Waals surface area contributed by atoms with Crippen molar-refractivity contribution in [1.29, 1.82) is 0 Å². The zero-order chi connectivity index (χ0) is 14.5. The lowest BCUT2D eigenvalue weighted by molar-refractivity contribution is 0.173. The molecule has 1 aromatic rings. The van der Waals surface area contributed by atoms with Crippen molar-refractivity contribution in [3.05, 3.63) is 29.8 Å². The third-order valence-electron chi connectivity index (χ3n) is 3.09. The maximum absolute atomic E-state index is 12.5. The van der Waals surface area contributed by atoms with Crippen LogP contribution in [-0.2, 0) is 10.0 Å². The van der Waals surface area contributed by atoms with Crippen LogP contribution in [0.5, 0.6) is 0 Å². The zero-order valence-electron chi connectivity index (χ0n) is 11.8. The third-order valence-corrected chi connectivity index (χ3v) is 5.06. The monoisotopic (exact) mass is 285 g/mol. The Morgan fingerprint density at radius 1 is 1.26 bits per heavy atom. The van der Waals surface area contributed by atoms with Crippen molar-refractivity contribution >= 4 is 10.0 Å². The second-order valence-corrected chi connectivity index (χ2v) is 6.43. The van der Waals surface area contributed by atoms with Crippen LogP contribution in [0.15, 0.2) is 29.2 Å². The van der Waals surface area contributed by atoms with Crippen molar-refractivity contribution in [1.82, 2.24) is 4.31 Å². The van der Waals surface area contributed by atoms with Gasteiger partial charge in [0.25, 0.3) is 0 Å². The minimum absolute atomic E-state index is 0.257. The molecule has 1 N–H and O–H groups in total. The number of hydrogen-bond acceptors (Lipinski definition) is 3. The molecule has 5 heteroatoms. The fourth-order valence-corrected chi connectivity index (χ4v) is 3.56. The second kappa shape index (κ2) is 7.03. The molecule has 0 aliphatic rings. The van der Waals surface area contributed by atoms with E-state index >= 15 is 0 Å². The number of rotatable bonds is 7. The summed E-state index contributed by atoms with van der Waals surface area (Å²) >= 11 is 0. The van der Waals surface area contributed by atoms with E-state index in [-0.39, 0.29) is 4.90 Å². The van der Waals surface area contributed by atoms with Crippen molar-refractivity contribution in [2.24, 2.45) is 0 Å². The molecule has 1 unspecified atom stereocenters. The predicted octanol–water partition coefficient (Wildman–Crippen LogP) is 2.55. The second-order valence-electron chi connectivity index (χ2n) is 4.49. The molecule has 1 atom stereocenters. The molecule has 108 valence electrons. The number of aliphatic hydroxyl groups is 1. The van der Waals surface area contributed by atoms with E-state index in [1.54, 1.807) is 24.3 Å². The first-order valence-corrected chi connectivity index (χ1v) is 8.19. The topological polar surface area (TPSA) is 57.6 Å². The van der Waals surface area contributed by atoms with Crippen LogP contribution in [0.4, 0.5) is 0 Å². The predicted molar refractivity (Wildman–Crippen MR) is 76.4 cm³/mol. The summed E-state index contributed by atoms with van der Waals surface area (Å²) in [5.74, 6) is 0. The van der Waals surface area contributed by atoms with Crippen LogP contribution >= 0.6 is 0 Å². The zero-order valence-corrected chi connectivity index (χ0v) is 12.7. The van der Waals surface area contributed by atoms with Gasteiger partial charge < -0.3 is 5.11 Å². The molecular formula is C14H23NO3S. The van der Waals surface area contributed by atoms with Gasteiger partial charge in [0, 0.05) is 13.1 Å². The van der Waals surface area contributed by atoms with Crippen molar-refractivity contribution in [2.45, 2.75) is 44.6 Å². The van der Waals surface area contributed by atoms with Gasteiger partial charge in [-0.05, 0) is 30.5 Å². The highest BCUT2D eigenvalue weighted by atomic mass is 32.2. The van der Waals surface area contributed by atoms with Gasteiger partial charge in [0.05, 0.1) is 11.0 Å². The summed E-state index contributed by atoms with van der Waals surface area (Å²) in [6.07, 6.45) is 0.733. The quantitative estimate of drug-likeness (QED) is 0.837. The lowest BCUT2D eigenvalue weighted by Crippen LogP contribution is -2.31. The fraction of sp³-hybridized carbons (Fsp3) is 0.571. The van der Waals surface area contributed by atoms with Crippen LogP contribution in [-0.4, -0.2) is 30.9 Å². The Morgan fingerprint density at radius 3 is 2.47 bits per heavy atom. The third kappa shape index (κ3) is 3.78. The smallest absolute Gasteiger partial charge is 0.243 e. The van der Waals surface area contributed by atoms with E-state index in [9.17, 15) is 13.5 Å². The van der Waals surface area contributed by atoms with Gasteiger partial charge >= 0.3 is 0 Å². The number of sulfonamides is 1. The minimum atomic E-state index is -3.46. The van der Waals surface area contributed by atoms with Gasteiger partial charge in [0.15, 0.2) is 0 Å². The summed E-state index contributed by atoms with van der Waals surface area (Å²) in [6, 6.07) is 6.59. The molecule has 0 aliphatic carbocycles. The van der Waals surface area contributed by atoms with E-state index in [1.807, 2.05) is 20.8 Å². The summed E-state index contributed by atoms with van der Waals surface area (Å²) < 4.78 is 26.4. The Kier molecular flexibility index (Phi) is 5.97. The molecule has 0 aliphatic heterocycles. The summed E-state index contributed by atoms with van der Waals surface area (Å²) in [5.41, 5.74) is 0.649. The first-order chi connectivity index (χ1) is 8.97. The molecule has 0 heterocycles. The Balaban J connectivity index is 3.14. The summed E-state index contributed by atoms with van der Waals surface area (Å²) in [6.45, 7) is 6.62. The highest BCUT2D eigenvalue weighted by Crippen LogP contribution is 2.22. The molecule has 0 saturated carbocycles. The maximum atomic E-state index is 12.5. The Hall–Kier alpha value is -0.910. The van der Waals surface area contributed by atoms with Crippen molar-refractivity contribution < 1.29 is 13.5 Å².